The number of carbonyl (C=O) groups excluding carboxylic acids is 2. The Kier molecular flexibility index (Phi) is 5.80. The van der Waals surface area contributed by atoms with Crippen molar-refractivity contribution in [1.82, 2.24) is 0 Å². The lowest BCUT2D eigenvalue weighted by Gasteiger charge is -1.81. The van der Waals surface area contributed by atoms with Gasteiger partial charge in [-0.15, -0.1) is 0 Å². The third-order valence-corrected chi connectivity index (χ3v) is 0.936. The first-order chi connectivity index (χ1) is 5.35. The van der Waals surface area contributed by atoms with E-state index in [1.54, 1.807) is 12.1 Å². The molecule has 0 aliphatic carbocycles. The first-order valence-corrected chi connectivity index (χ1v) is 3.25. The SMILES string of the molecule is CC=O.O=Cc1ccccc1. The molecule has 0 aliphatic rings. The zero-order valence-electron chi connectivity index (χ0n) is 6.36. The Morgan fingerprint density at radius 3 is 1.82 bits per heavy atom. The highest BCUT2D eigenvalue weighted by Crippen LogP contribution is 1.91. The van der Waals surface area contributed by atoms with Gasteiger partial charge >= 0.3 is 0 Å². The predicted octanol–water partition coefficient (Wildman–Crippen LogP) is 1.70. The first kappa shape index (κ1) is 9.56. The zero-order chi connectivity index (χ0) is 8.53. The molecule has 0 saturated heterocycles. The van der Waals surface area contributed by atoms with Gasteiger partial charge in [0.25, 0.3) is 0 Å². The fourth-order valence-corrected chi connectivity index (χ4v) is 0.532. The molecule has 0 aromatic heterocycles. The van der Waals surface area contributed by atoms with E-state index in [1.807, 2.05) is 18.2 Å². The molecular weight excluding hydrogens is 140 g/mol. The zero-order valence-corrected chi connectivity index (χ0v) is 6.36. The summed E-state index contributed by atoms with van der Waals surface area (Å²) in [5.74, 6) is 0. The number of aldehydes is 2. The van der Waals surface area contributed by atoms with Gasteiger partial charge in [-0.1, -0.05) is 30.3 Å². The standard InChI is InChI=1S/C7H6O.C2H4O/c8-6-7-4-2-1-3-5-7;1-2-3/h1-6H;2H,1H3. The molecule has 0 N–H and O–H groups in total. The van der Waals surface area contributed by atoms with Crippen molar-refractivity contribution in [3.63, 3.8) is 0 Å². The minimum absolute atomic E-state index is 0.729. The van der Waals surface area contributed by atoms with Gasteiger partial charge in [-0.25, -0.2) is 0 Å². The van der Waals surface area contributed by atoms with Crippen LogP contribution in [0.15, 0.2) is 30.3 Å². The molecule has 2 heteroatoms. The fourth-order valence-electron chi connectivity index (χ4n) is 0.532. The average molecular weight is 150 g/mol. The maximum absolute atomic E-state index is 10.0. The molecule has 0 spiro atoms. The smallest absolute Gasteiger partial charge is 0.150 e. The molecule has 1 aromatic rings. The highest BCUT2D eigenvalue weighted by molar-refractivity contribution is 5.74. The van der Waals surface area contributed by atoms with Crippen LogP contribution in [0.5, 0.6) is 0 Å². The topological polar surface area (TPSA) is 34.1 Å². The van der Waals surface area contributed by atoms with Gasteiger partial charge in [0.15, 0.2) is 0 Å². The van der Waals surface area contributed by atoms with Gasteiger partial charge in [0.1, 0.15) is 12.6 Å². The lowest BCUT2D eigenvalue weighted by atomic mass is 10.2. The van der Waals surface area contributed by atoms with Crippen LogP contribution in [-0.4, -0.2) is 12.6 Å². The van der Waals surface area contributed by atoms with Crippen LogP contribution in [0.1, 0.15) is 17.3 Å². The van der Waals surface area contributed by atoms with Gasteiger partial charge in [0.05, 0.1) is 0 Å². The Hall–Kier alpha value is -1.44. The van der Waals surface area contributed by atoms with Gasteiger partial charge in [0.2, 0.25) is 0 Å². The van der Waals surface area contributed by atoms with Crippen molar-refractivity contribution in [3.05, 3.63) is 35.9 Å². The Morgan fingerprint density at radius 1 is 1.09 bits per heavy atom. The number of rotatable bonds is 1. The Labute approximate surface area is 65.9 Å². The van der Waals surface area contributed by atoms with E-state index in [4.69, 9.17) is 4.79 Å². The summed E-state index contributed by atoms with van der Waals surface area (Å²) in [5, 5.41) is 0. The summed E-state index contributed by atoms with van der Waals surface area (Å²) in [6.45, 7) is 1.44. The molecule has 0 radical (unpaired) electrons. The molecule has 0 bridgehead atoms. The molecule has 11 heavy (non-hydrogen) atoms. The van der Waals surface area contributed by atoms with E-state index in [-0.39, 0.29) is 0 Å². The van der Waals surface area contributed by atoms with Crippen LogP contribution >= 0.6 is 0 Å². The van der Waals surface area contributed by atoms with Crippen LogP contribution in [0.25, 0.3) is 0 Å². The minimum Gasteiger partial charge on any atom is -0.304 e. The van der Waals surface area contributed by atoms with Crippen molar-refractivity contribution < 1.29 is 9.59 Å². The van der Waals surface area contributed by atoms with Crippen molar-refractivity contribution >= 4 is 12.6 Å². The summed E-state index contributed by atoms with van der Waals surface area (Å²) in [4.78, 5) is 18.8. The molecule has 1 rings (SSSR count). The highest BCUT2D eigenvalue weighted by Gasteiger charge is 1.79. The van der Waals surface area contributed by atoms with E-state index in [1.165, 1.54) is 6.92 Å². The summed E-state index contributed by atoms with van der Waals surface area (Å²) in [5.41, 5.74) is 0.729. The van der Waals surface area contributed by atoms with Crippen LogP contribution in [0.2, 0.25) is 0 Å². The van der Waals surface area contributed by atoms with Crippen molar-refractivity contribution in [1.29, 1.82) is 0 Å². The number of hydrogen-bond acceptors (Lipinski definition) is 2. The third kappa shape index (κ3) is 5.03. The number of benzene rings is 1. The maximum atomic E-state index is 10.0. The van der Waals surface area contributed by atoms with E-state index in [0.717, 1.165) is 18.1 Å². The molecule has 0 atom stereocenters. The molecule has 2 nitrogen and oxygen atoms in total. The van der Waals surface area contributed by atoms with Crippen molar-refractivity contribution in [3.8, 4) is 0 Å². The lowest BCUT2D eigenvalue weighted by molar-refractivity contribution is -0.106. The lowest BCUT2D eigenvalue weighted by Crippen LogP contribution is -1.73. The van der Waals surface area contributed by atoms with Crippen LogP contribution in [0.3, 0.4) is 0 Å². The molecule has 0 fully saturated rings. The second-order valence-corrected chi connectivity index (χ2v) is 1.76. The second-order valence-electron chi connectivity index (χ2n) is 1.76. The number of carbonyl (C=O) groups is 2. The van der Waals surface area contributed by atoms with Crippen molar-refractivity contribution in [2.45, 2.75) is 6.92 Å². The summed E-state index contributed by atoms with van der Waals surface area (Å²) >= 11 is 0. The van der Waals surface area contributed by atoms with E-state index in [9.17, 15) is 4.79 Å². The van der Waals surface area contributed by atoms with E-state index in [2.05, 4.69) is 0 Å². The quantitative estimate of drug-likeness (QED) is 0.571. The highest BCUT2D eigenvalue weighted by atomic mass is 16.1. The molecule has 58 valence electrons. The monoisotopic (exact) mass is 150 g/mol. The molecule has 0 heterocycles. The van der Waals surface area contributed by atoms with E-state index < -0.39 is 0 Å². The fraction of sp³-hybridized carbons (Fsp3) is 0.111. The van der Waals surface area contributed by atoms with Crippen LogP contribution in [-0.2, 0) is 4.79 Å². The maximum Gasteiger partial charge on any atom is 0.150 e. The molecule has 0 unspecified atom stereocenters. The van der Waals surface area contributed by atoms with E-state index in [0.29, 0.717) is 0 Å². The van der Waals surface area contributed by atoms with Crippen LogP contribution in [0, 0.1) is 0 Å². The molecule has 0 aliphatic heterocycles. The molecule has 0 amide bonds. The van der Waals surface area contributed by atoms with Crippen LogP contribution < -0.4 is 0 Å². The summed E-state index contributed by atoms with van der Waals surface area (Å²) in [6.07, 6.45) is 1.58. The van der Waals surface area contributed by atoms with E-state index >= 15 is 0 Å². The van der Waals surface area contributed by atoms with Gasteiger partial charge in [-0.05, 0) is 6.92 Å². The van der Waals surface area contributed by atoms with Gasteiger partial charge in [-0.2, -0.15) is 0 Å². The van der Waals surface area contributed by atoms with Crippen molar-refractivity contribution in [2.24, 2.45) is 0 Å². The Morgan fingerprint density at radius 2 is 1.55 bits per heavy atom. The molecule has 1 aromatic carbocycles. The normalized spacial score (nSPS) is 7.36. The predicted molar refractivity (Wildman–Crippen MR) is 43.6 cm³/mol. The third-order valence-electron chi connectivity index (χ3n) is 0.936. The van der Waals surface area contributed by atoms with Crippen molar-refractivity contribution in [2.75, 3.05) is 0 Å². The average Bonchev–Trinajstić information content (AvgIpc) is 2.08. The Bertz CT molecular complexity index is 204. The van der Waals surface area contributed by atoms with Crippen LogP contribution in [0.4, 0.5) is 0 Å². The van der Waals surface area contributed by atoms with Gasteiger partial charge < -0.3 is 4.79 Å². The summed E-state index contributed by atoms with van der Waals surface area (Å²) < 4.78 is 0. The molecular formula is C9H10O2. The first-order valence-electron chi connectivity index (χ1n) is 3.25. The van der Waals surface area contributed by atoms with Gasteiger partial charge in [0, 0.05) is 5.56 Å². The number of hydrogen-bond donors (Lipinski definition) is 0. The summed E-state index contributed by atoms with van der Waals surface area (Å²) in [6, 6.07) is 9.10. The summed E-state index contributed by atoms with van der Waals surface area (Å²) in [7, 11) is 0. The second kappa shape index (κ2) is 6.68. The minimum atomic E-state index is 0.729. The Balaban J connectivity index is 0.000000292. The van der Waals surface area contributed by atoms with Gasteiger partial charge in [-0.3, -0.25) is 4.79 Å². The molecule has 0 saturated carbocycles. The largest absolute Gasteiger partial charge is 0.304 e.